The zero-order valence-electron chi connectivity index (χ0n) is 12.7. The largest absolute Gasteiger partial charge is 0.480 e. The summed E-state index contributed by atoms with van der Waals surface area (Å²) in [6.45, 7) is -0.941. The zero-order valence-corrected chi connectivity index (χ0v) is 12.7. The van der Waals surface area contributed by atoms with Crippen LogP contribution in [0.1, 0.15) is 37.9 Å². The van der Waals surface area contributed by atoms with Gasteiger partial charge >= 0.3 is 12.1 Å². The Bertz CT molecular complexity index is 573. The van der Waals surface area contributed by atoms with E-state index in [1.165, 1.54) is 12.4 Å². The van der Waals surface area contributed by atoms with E-state index < -0.39 is 24.7 Å². The molecular weight excluding hydrogens is 311 g/mol. The SMILES string of the molecule is O=C(O)C1CC2CCCCC2N1Cc1nccn1CC(F)(F)F. The third kappa shape index (κ3) is 3.52. The molecule has 1 aromatic heterocycles. The molecule has 1 aromatic rings. The quantitative estimate of drug-likeness (QED) is 0.921. The number of carboxylic acid groups (broad SMARTS) is 1. The number of halogens is 3. The second kappa shape index (κ2) is 6.14. The van der Waals surface area contributed by atoms with Crippen molar-refractivity contribution < 1.29 is 23.1 Å². The molecular formula is C15H20F3N3O2. The van der Waals surface area contributed by atoms with Crippen LogP contribution in [0, 0.1) is 5.92 Å². The maximum absolute atomic E-state index is 12.6. The topological polar surface area (TPSA) is 58.4 Å². The van der Waals surface area contributed by atoms with Crippen molar-refractivity contribution in [1.82, 2.24) is 14.5 Å². The van der Waals surface area contributed by atoms with Crippen molar-refractivity contribution in [3.8, 4) is 0 Å². The van der Waals surface area contributed by atoms with Crippen molar-refractivity contribution in [2.75, 3.05) is 0 Å². The first-order valence-corrected chi connectivity index (χ1v) is 7.90. The predicted octanol–water partition coefficient (Wildman–Crippen LogP) is 2.66. The number of aromatic nitrogens is 2. The fourth-order valence-corrected chi connectivity index (χ4v) is 4.02. The Morgan fingerprint density at radius 2 is 2.09 bits per heavy atom. The smallest absolute Gasteiger partial charge is 0.406 e. The second-order valence-electron chi connectivity index (χ2n) is 6.46. The minimum atomic E-state index is -4.32. The zero-order chi connectivity index (χ0) is 16.6. The van der Waals surface area contributed by atoms with E-state index in [4.69, 9.17) is 0 Å². The number of fused-ring (bicyclic) bond motifs is 1. The Morgan fingerprint density at radius 3 is 2.78 bits per heavy atom. The van der Waals surface area contributed by atoms with Crippen molar-refractivity contribution in [1.29, 1.82) is 0 Å². The van der Waals surface area contributed by atoms with Crippen LogP contribution in [0.15, 0.2) is 12.4 Å². The summed E-state index contributed by atoms with van der Waals surface area (Å²) >= 11 is 0. The van der Waals surface area contributed by atoms with Gasteiger partial charge in [-0.15, -0.1) is 0 Å². The van der Waals surface area contributed by atoms with E-state index in [1.54, 1.807) is 0 Å². The van der Waals surface area contributed by atoms with Crippen LogP contribution in [0.3, 0.4) is 0 Å². The molecule has 1 saturated heterocycles. The molecule has 0 aromatic carbocycles. The summed E-state index contributed by atoms with van der Waals surface area (Å²) in [7, 11) is 0. The van der Waals surface area contributed by atoms with E-state index in [0.717, 1.165) is 30.3 Å². The molecule has 3 unspecified atom stereocenters. The lowest BCUT2D eigenvalue weighted by atomic mass is 9.85. The maximum atomic E-state index is 12.6. The highest BCUT2D eigenvalue weighted by atomic mass is 19.4. The number of alkyl halides is 3. The molecule has 0 spiro atoms. The summed E-state index contributed by atoms with van der Waals surface area (Å²) in [6.07, 6.45) is 2.96. The first-order valence-electron chi connectivity index (χ1n) is 7.90. The van der Waals surface area contributed by atoms with Crippen LogP contribution in [0.25, 0.3) is 0 Å². The Kier molecular flexibility index (Phi) is 4.35. The number of carboxylic acids is 1. The lowest BCUT2D eigenvalue weighted by Crippen LogP contribution is -2.42. The van der Waals surface area contributed by atoms with E-state index in [2.05, 4.69) is 4.98 Å². The molecule has 3 rings (SSSR count). The highest BCUT2D eigenvalue weighted by molar-refractivity contribution is 5.74. The summed E-state index contributed by atoms with van der Waals surface area (Å²) in [5, 5.41) is 9.47. The third-order valence-corrected chi connectivity index (χ3v) is 4.98. The lowest BCUT2D eigenvalue weighted by Gasteiger charge is -2.32. The van der Waals surface area contributed by atoms with Crippen LogP contribution < -0.4 is 0 Å². The van der Waals surface area contributed by atoms with Gasteiger partial charge in [-0.3, -0.25) is 9.69 Å². The summed E-state index contributed by atoms with van der Waals surface area (Å²) < 4.78 is 39.0. The van der Waals surface area contributed by atoms with Crippen LogP contribution in [0.5, 0.6) is 0 Å². The van der Waals surface area contributed by atoms with Crippen molar-refractivity contribution in [2.45, 2.75) is 63.5 Å². The minimum absolute atomic E-state index is 0.140. The molecule has 1 aliphatic carbocycles. The van der Waals surface area contributed by atoms with E-state index in [-0.39, 0.29) is 18.4 Å². The van der Waals surface area contributed by atoms with Crippen LogP contribution in [0.4, 0.5) is 13.2 Å². The molecule has 0 amide bonds. The van der Waals surface area contributed by atoms with Crippen molar-refractivity contribution in [3.63, 3.8) is 0 Å². The molecule has 1 saturated carbocycles. The van der Waals surface area contributed by atoms with Gasteiger partial charge in [0.2, 0.25) is 0 Å². The average Bonchev–Trinajstić information content (AvgIpc) is 3.03. The van der Waals surface area contributed by atoms with Gasteiger partial charge in [0.15, 0.2) is 0 Å². The highest BCUT2D eigenvalue weighted by Crippen LogP contribution is 2.40. The Labute approximate surface area is 132 Å². The molecule has 0 radical (unpaired) electrons. The number of nitrogens with zero attached hydrogens (tertiary/aromatic N) is 3. The van der Waals surface area contributed by atoms with Crippen LogP contribution in [-0.4, -0.2) is 43.8 Å². The normalized spacial score (nSPS) is 28.7. The molecule has 2 aliphatic rings. The van der Waals surface area contributed by atoms with Gasteiger partial charge in [-0.05, 0) is 25.2 Å². The molecule has 1 aliphatic heterocycles. The van der Waals surface area contributed by atoms with Gasteiger partial charge in [-0.2, -0.15) is 13.2 Å². The molecule has 2 fully saturated rings. The van der Waals surface area contributed by atoms with Gasteiger partial charge in [-0.1, -0.05) is 12.8 Å². The van der Waals surface area contributed by atoms with Crippen LogP contribution in [0.2, 0.25) is 0 Å². The molecule has 5 nitrogen and oxygen atoms in total. The monoisotopic (exact) mass is 331 g/mol. The summed E-state index contributed by atoms with van der Waals surface area (Å²) in [4.78, 5) is 17.4. The van der Waals surface area contributed by atoms with E-state index >= 15 is 0 Å². The average molecular weight is 331 g/mol. The van der Waals surface area contributed by atoms with Gasteiger partial charge in [-0.25, -0.2) is 4.98 Å². The number of rotatable bonds is 4. The number of carbonyl (C=O) groups is 1. The van der Waals surface area contributed by atoms with E-state index in [9.17, 15) is 23.1 Å². The lowest BCUT2D eigenvalue weighted by molar-refractivity contribution is -0.144. The number of hydrogen-bond donors (Lipinski definition) is 1. The number of aliphatic carboxylic acids is 1. The first-order chi connectivity index (χ1) is 10.8. The predicted molar refractivity (Wildman–Crippen MR) is 75.6 cm³/mol. The number of imidazole rings is 1. The van der Waals surface area contributed by atoms with E-state index in [1.807, 2.05) is 4.90 Å². The molecule has 3 atom stereocenters. The van der Waals surface area contributed by atoms with Gasteiger partial charge < -0.3 is 9.67 Å². The summed E-state index contributed by atoms with van der Waals surface area (Å²) in [6, 6.07) is -0.486. The highest BCUT2D eigenvalue weighted by Gasteiger charge is 2.45. The van der Waals surface area contributed by atoms with Gasteiger partial charge in [0.05, 0.1) is 6.54 Å². The van der Waals surface area contributed by atoms with E-state index in [0.29, 0.717) is 12.3 Å². The molecule has 128 valence electrons. The standard InChI is InChI=1S/C15H20F3N3O2/c16-15(17,18)9-20-6-5-19-13(20)8-21-11-4-2-1-3-10(11)7-12(21)14(22)23/h5-6,10-12H,1-4,7-9H2,(H,22,23). The Balaban J connectivity index is 1.80. The third-order valence-electron chi connectivity index (χ3n) is 4.98. The van der Waals surface area contributed by atoms with Crippen LogP contribution >= 0.6 is 0 Å². The van der Waals surface area contributed by atoms with Gasteiger partial charge in [0.1, 0.15) is 18.4 Å². The molecule has 2 heterocycles. The number of likely N-dealkylation sites (tertiary alicyclic amines) is 1. The van der Waals surface area contributed by atoms with Crippen molar-refractivity contribution in [3.05, 3.63) is 18.2 Å². The molecule has 23 heavy (non-hydrogen) atoms. The minimum Gasteiger partial charge on any atom is -0.480 e. The fourth-order valence-electron chi connectivity index (χ4n) is 4.02. The fraction of sp³-hybridized carbons (Fsp3) is 0.733. The summed E-state index contributed by atoms with van der Waals surface area (Å²) in [5.41, 5.74) is 0. The maximum Gasteiger partial charge on any atom is 0.406 e. The molecule has 0 bridgehead atoms. The van der Waals surface area contributed by atoms with Crippen molar-refractivity contribution in [2.24, 2.45) is 5.92 Å². The van der Waals surface area contributed by atoms with Gasteiger partial charge in [0.25, 0.3) is 0 Å². The van der Waals surface area contributed by atoms with Crippen molar-refractivity contribution >= 4 is 5.97 Å². The Morgan fingerprint density at radius 1 is 1.35 bits per heavy atom. The van der Waals surface area contributed by atoms with Crippen LogP contribution in [-0.2, 0) is 17.9 Å². The van der Waals surface area contributed by atoms with Gasteiger partial charge in [0, 0.05) is 18.4 Å². The molecule has 8 heteroatoms. The first kappa shape index (κ1) is 16.3. The Hall–Kier alpha value is -1.57. The second-order valence-corrected chi connectivity index (χ2v) is 6.46. The summed E-state index contributed by atoms with van der Waals surface area (Å²) in [5.74, 6) is -0.288. The number of hydrogen-bond acceptors (Lipinski definition) is 3. The molecule has 1 N–H and O–H groups in total.